The van der Waals surface area contributed by atoms with Crippen LogP contribution >= 0.6 is 0 Å². The topological polar surface area (TPSA) is 20.3 Å². The van der Waals surface area contributed by atoms with Crippen molar-refractivity contribution in [3.63, 3.8) is 0 Å². The molecular formula is C7H11NO. The van der Waals surface area contributed by atoms with Gasteiger partial charge in [0.15, 0.2) is 5.78 Å². The Morgan fingerprint density at radius 2 is 2.44 bits per heavy atom. The molecule has 2 fully saturated rings. The van der Waals surface area contributed by atoms with Gasteiger partial charge in [0.2, 0.25) is 0 Å². The molecule has 2 aliphatic rings. The molecule has 0 amide bonds. The van der Waals surface area contributed by atoms with Crippen molar-refractivity contribution in [3.8, 4) is 0 Å². The fourth-order valence-corrected chi connectivity index (χ4v) is 1.83. The van der Waals surface area contributed by atoms with Gasteiger partial charge in [-0.25, -0.2) is 0 Å². The van der Waals surface area contributed by atoms with Gasteiger partial charge < -0.3 is 0 Å². The first-order valence-electron chi connectivity index (χ1n) is 3.57. The third-order valence-corrected chi connectivity index (χ3v) is 2.50. The quantitative estimate of drug-likeness (QED) is 0.467. The van der Waals surface area contributed by atoms with E-state index in [9.17, 15) is 4.79 Å². The molecular weight excluding hydrogens is 114 g/mol. The molecule has 2 heterocycles. The normalized spacial score (nSPS) is 42.6. The van der Waals surface area contributed by atoms with Crippen LogP contribution in [-0.4, -0.2) is 29.3 Å². The molecule has 0 aliphatic carbocycles. The van der Waals surface area contributed by atoms with Crippen LogP contribution in [0.3, 0.4) is 0 Å². The highest BCUT2D eigenvalue weighted by atomic mass is 16.1. The van der Waals surface area contributed by atoms with Gasteiger partial charge in [-0.15, -0.1) is 0 Å². The molecule has 2 saturated heterocycles. The number of Topliss-reactive ketones (excluding diaryl/α,β-unsaturated/α-hetero) is 1. The summed E-state index contributed by atoms with van der Waals surface area (Å²) in [5, 5.41) is 0. The summed E-state index contributed by atoms with van der Waals surface area (Å²) in [7, 11) is 0. The highest BCUT2D eigenvalue weighted by Crippen LogP contribution is 2.30. The zero-order valence-electron chi connectivity index (χ0n) is 5.63. The minimum atomic E-state index is 0.333. The van der Waals surface area contributed by atoms with Gasteiger partial charge in [-0.3, -0.25) is 9.69 Å². The van der Waals surface area contributed by atoms with Gasteiger partial charge in [0.25, 0.3) is 0 Å². The second-order valence-corrected chi connectivity index (χ2v) is 3.06. The molecule has 0 spiro atoms. The molecule has 0 aromatic heterocycles. The Morgan fingerprint density at radius 3 is 2.67 bits per heavy atom. The fraction of sp³-hybridized carbons (Fsp3) is 0.857. The maximum atomic E-state index is 11.0. The van der Waals surface area contributed by atoms with Crippen molar-refractivity contribution >= 4 is 5.78 Å². The third kappa shape index (κ3) is 0.568. The molecule has 2 aliphatic heterocycles. The third-order valence-electron chi connectivity index (χ3n) is 2.50. The van der Waals surface area contributed by atoms with Crippen molar-refractivity contribution in [2.45, 2.75) is 31.8 Å². The number of fused-ring (bicyclic) bond motifs is 1. The molecule has 50 valence electrons. The summed E-state index contributed by atoms with van der Waals surface area (Å²) in [4.78, 5) is 13.3. The lowest BCUT2D eigenvalue weighted by Gasteiger charge is -2.36. The van der Waals surface area contributed by atoms with Crippen LogP contribution in [0, 0.1) is 0 Å². The van der Waals surface area contributed by atoms with Gasteiger partial charge in [-0.2, -0.15) is 0 Å². The lowest BCUT2D eigenvalue weighted by Crippen LogP contribution is -2.48. The summed E-state index contributed by atoms with van der Waals surface area (Å²) in [5.41, 5.74) is 0. The second kappa shape index (κ2) is 1.57. The Labute approximate surface area is 54.8 Å². The summed E-state index contributed by atoms with van der Waals surface area (Å²) >= 11 is 0. The van der Waals surface area contributed by atoms with Crippen LogP contribution in [0.1, 0.15) is 19.8 Å². The van der Waals surface area contributed by atoms with Crippen LogP contribution in [0.25, 0.3) is 0 Å². The number of carbonyl (C=O) groups is 1. The molecule has 0 radical (unpaired) electrons. The number of nitrogens with zero attached hydrogens (tertiary/aromatic N) is 1. The van der Waals surface area contributed by atoms with E-state index in [4.69, 9.17) is 0 Å². The average Bonchev–Trinajstić information content (AvgIpc) is 1.73. The van der Waals surface area contributed by atoms with E-state index >= 15 is 0 Å². The van der Waals surface area contributed by atoms with Crippen LogP contribution in [-0.2, 0) is 4.79 Å². The Balaban J connectivity index is 2.17. The maximum absolute atomic E-state index is 11.0. The van der Waals surface area contributed by atoms with Gasteiger partial charge in [0, 0.05) is 19.0 Å². The number of hydrogen-bond donors (Lipinski definition) is 0. The van der Waals surface area contributed by atoms with Gasteiger partial charge in [-0.05, 0) is 13.3 Å². The molecule has 2 atom stereocenters. The highest BCUT2D eigenvalue weighted by molar-refractivity contribution is 5.87. The number of hydrogen-bond acceptors (Lipinski definition) is 2. The van der Waals surface area contributed by atoms with Crippen molar-refractivity contribution in [2.75, 3.05) is 6.54 Å². The minimum Gasteiger partial charge on any atom is -0.298 e. The van der Waals surface area contributed by atoms with Gasteiger partial charge >= 0.3 is 0 Å². The van der Waals surface area contributed by atoms with Crippen LogP contribution in [0.2, 0.25) is 0 Å². The zero-order chi connectivity index (χ0) is 6.43. The predicted octanol–water partition coefficient (Wildman–Crippen LogP) is 0.422. The van der Waals surface area contributed by atoms with E-state index in [1.54, 1.807) is 0 Å². The van der Waals surface area contributed by atoms with Crippen LogP contribution in [0.4, 0.5) is 0 Å². The summed E-state index contributed by atoms with van der Waals surface area (Å²) in [5.74, 6) is 0.466. The first-order valence-corrected chi connectivity index (χ1v) is 3.57. The summed E-state index contributed by atoms with van der Waals surface area (Å²) in [6.45, 7) is 3.29. The molecule has 0 aromatic carbocycles. The zero-order valence-corrected chi connectivity index (χ0v) is 5.63. The smallest absolute Gasteiger partial charge is 0.151 e. The van der Waals surface area contributed by atoms with E-state index in [2.05, 4.69) is 11.8 Å². The van der Waals surface area contributed by atoms with Crippen LogP contribution < -0.4 is 0 Å². The van der Waals surface area contributed by atoms with E-state index in [0.29, 0.717) is 17.9 Å². The standard InChI is InChI=1S/C7H11NO/c1-5-4-7(9)6-2-3-8(5)6/h5-6H,2-4H2,1H3. The van der Waals surface area contributed by atoms with Gasteiger partial charge in [-0.1, -0.05) is 0 Å². The van der Waals surface area contributed by atoms with Gasteiger partial charge in [0.1, 0.15) is 0 Å². The Bertz CT molecular complexity index is 155. The lowest BCUT2D eigenvalue weighted by molar-refractivity contribution is -0.122. The molecule has 0 N–H and O–H groups in total. The Kier molecular flexibility index (Phi) is 0.943. The van der Waals surface area contributed by atoms with Gasteiger partial charge in [0.05, 0.1) is 6.04 Å². The van der Waals surface area contributed by atoms with Crippen LogP contribution in [0.15, 0.2) is 0 Å². The summed E-state index contributed by atoms with van der Waals surface area (Å²) in [6.07, 6.45) is 1.91. The molecule has 0 aromatic rings. The Hall–Kier alpha value is -0.370. The van der Waals surface area contributed by atoms with Crippen molar-refractivity contribution in [1.29, 1.82) is 0 Å². The van der Waals surface area contributed by atoms with E-state index in [1.165, 1.54) is 0 Å². The van der Waals surface area contributed by atoms with Crippen LogP contribution in [0.5, 0.6) is 0 Å². The van der Waals surface area contributed by atoms with Crippen molar-refractivity contribution in [1.82, 2.24) is 4.90 Å². The van der Waals surface area contributed by atoms with E-state index in [-0.39, 0.29) is 0 Å². The maximum Gasteiger partial charge on any atom is 0.151 e. The first kappa shape index (κ1) is 5.42. The Morgan fingerprint density at radius 1 is 1.67 bits per heavy atom. The van der Waals surface area contributed by atoms with E-state index in [0.717, 1.165) is 19.4 Å². The molecule has 9 heavy (non-hydrogen) atoms. The van der Waals surface area contributed by atoms with E-state index < -0.39 is 0 Å². The van der Waals surface area contributed by atoms with Crippen molar-refractivity contribution in [3.05, 3.63) is 0 Å². The average molecular weight is 125 g/mol. The largest absolute Gasteiger partial charge is 0.298 e. The molecule has 2 unspecified atom stereocenters. The molecule has 2 heteroatoms. The monoisotopic (exact) mass is 125 g/mol. The van der Waals surface area contributed by atoms with Crippen molar-refractivity contribution in [2.24, 2.45) is 0 Å². The lowest BCUT2D eigenvalue weighted by atomic mass is 10.0. The number of carbonyl (C=O) groups excluding carboxylic acids is 1. The molecule has 2 rings (SSSR count). The number of ketones is 1. The molecule has 0 saturated carbocycles. The minimum absolute atomic E-state index is 0.333. The second-order valence-electron chi connectivity index (χ2n) is 3.06. The SMILES string of the molecule is CC1CC(=O)C2CCN12. The number of rotatable bonds is 0. The first-order chi connectivity index (χ1) is 4.29. The summed E-state index contributed by atoms with van der Waals surface area (Å²) < 4.78 is 0. The molecule has 0 bridgehead atoms. The summed E-state index contributed by atoms with van der Waals surface area (Å²) in [6, 6.07) is 0.872. The molecule has 2 nitrogen and oxygen atoms in total. The fourth-order valence-electron chi connectivity index (χ4n) is 1.83. The highest BCUT2D eigenvalue weighted by Gasteiger charge is 2.43. The van der Waals surface area contributed by atoms with Crippen molar-refractivity contribution < 1.29 is 4.79 Å². The van der Waals surface area contributed by atoms with E-state index in [1.807, 2.05) is 0 Å². The predicted molar refractivity (Wildman–Crippen MR) is 34.2 cm³/mol.